The summed E-state index contributed by atoms with van der Waals surface area (Å²) in [6.45, 7) is 5.33. The van der Waals surface area contributed by atoms with Gasteiger partial charge in [-0.3, -0.25) is 14.3 Å². The fourth-order valence-corrected chi connectivity index (χ4v) is 3.67. The number of aryl methyl sites for hydroxylation is 1. The minimum atomic E-state index is -0.453. The lowest BCUT2D eigenvalue weighted by Crippen LogP contribution is -2.41. The molecule has 3 rings (SSSR count). The van der Waals surface area contributed by atoms with Crippen LogP contribution in [0.5, 0.6) is 0 Å². The standard InChI is InChI=1S/C17H24N4O4/c1-10(2)21-8-11(7-14(21)22)16(23)20-6-5-12-13(9-20)19(3)18-15(12)17(24)25-4/h10-11H,5-9H2,1-4H3. The lowest BCUT2D eigenvalue weighted by atomic mass is 10.0. The van der Waals surface area contributed by atoms with E-state index in [0.29, 0.717) is 31.7 Å². The molecule has 0 aliphatic carbocycles. The largest absolute Gasteiger partial charge is 0.464 e. The summed E-state index contributed by atoms with van der Waals surface area (Å²) in [5, 5.41) is 4.24. The highest BCUT2D eigenvalue weighted by atomic mass is 16.5. The molecule has 1 saturated heterocycles. The highest BCUT2D eigenvalue weighted by Gasteiger charge is 2.39. The fourth-order valence-electron chi connectivity index (χ4n) is 3.67. The summed E-state index contributed by atoms with van der Waals surface area (Å²) >= 11 is 0. The van der Waals surface area contributed by atoms with Gasteiger partial charge in [-0.15, -0.1) is 0 Å². The Balaban J connectivity index is 1.75. The number of hydrogen-bond donors (Lipinski definition) is 0. The molecule has 8 nitrogen and oxygen atoms in total. The van der Waals surface area contributed by atoms with Crippen LogP contribution in [0.2, 0.25) is 0 Å². The third-order valence-corrected chi connectivity index (χ3v) is 5.07. The van der Waals surface area contributed by atoms with Crippen LogP contribution in [0.3, 0.4) is 0 Å². The molecule has 1 aromatic heterocycles. The van der Waals surface area contributed by atoms with Crippen molar-refractivity contribution in [2.24, 2.45) is 13.0 Å². The van der Waals surface area contributed by atoms with Crippen molar-refractivity contribution in [3.8, 4) is 0 Å². The van der Waals surface area contributed by atoms with E-state index in [1.165, 1.54) is 7.11 Å². The van der Waals surface area contributed by atoms with E-state index in [2.05, 4.69) is 5.10 Å². The van der Waals surface area contributed by atoms with Crippen LogP contribution in [0.1, 0.15) is 42.0 Å². The Kier molecular flexibility index (Phi) is 4.53. The molecular formula is C17H24N4O4. The number of methoxy groups -OCH3 is 1. The third-order valence-electron chi connectivity index (χ3n) is 5.07. The molecule has 1 fully saturated rings. The number of rotatable bonds is 3. The average molecular weight is 348 g/mol. The number of nitrogens with zero attached hydrogens (tertiary/aromatic N) is 4. The Hall–Kier alpha value is -2.38. The van der Waals surface area contributed by atoms with E-state index in [-0.39, 0.29) is 30.2 Å². The van der Waals surface area contributed by atoms with Gasteiger partial charge < -0.3 is 14.5 Å². The summed E-state index contributed by atoms with van der Waals surface area (Å²) in [6.07, 6.45) is 0.840. The number of amides is 2. The minimum absolute atomic E-state index is 0.00275. The monoisotopic (exact) mass is 348 g/mol. The first kappa shape index (κ1) is 17.4. The zero-order valence-corrected chi connectivity index (χ0v) is 15.1. The highest BCUT2D eigenvalue weighted by molar-refractivity contribution is 5.91. The maximum atomic E-state index is 12.9. The molecular weight excluding hydrogens is 324 g/mol. The maximum Gasteiger partial charge on any atom is 0.358 e. The van der Waals surface area contributed by atoms with Crippen LogP contribution in [0.15, 0.2) is 0 Å². The molecule has 2 aliphatic rings. The van der Waals surface area contributed by atoms with Crippen LogP contribution in [0.4, 0.5) is 0 Å². The van der Waals surface area contributed by atoms with E-state index in [1.807, 2.05) is 13.8 Å². The summed E-state index contributed by atoms with van der Waals surface area (Å²) < 4.78 is 6.42. The summed E-state index contributed by atoms with van der Waals surface area (Å²) in [7, 11) is 3.10. The molecule has 0 N–H and O–H groups in total. The van der Waals surface area contributed by atoms with Crippen molar-refractivity contribution in [3.05, 3.63) is 17.0 Å². The normalized spacial score (nSPS) is 20.2. The molecule has 1 unspecified atom stereocenters. The number of carbonyl (C=O) groups excluding carboxylic acids is 3. The summed E-state index contributed by atoms with van der Waals surface area (Å²) in [6, 6.07) is 0.109. The smallest absolute Gasteiger partial charge is 0.358 e. The van der Waals surface area contributed by atoms with Crippen molar-refractivity contribution < 1.29 is 19.1 Å². The first-order valence-electron chi connectivity index (χ1n) is 8.54. The van der Waals surface area contributed by atoms with E-state index in [0.717, 1.165) is 11.3 Å². The van der Waals surface area contributed by atoms with Gasteiger partial charge in [-0.2, -0.15) is 5.10 Å². The Bertz CT molecular complexity index is 724. The Morgan fingerprint density at radius 1 is 1.32 bits per heavy atom. The lowest BCUT2D eigenvalue weighted by molar-refractivity contribution is -0.136. The van der Waals surface area contributed by atoms with E-state index in [4.69, 9.17) is 4.74 Å². The van der Waals surface area contributed by atoms with E-state index < -0.39 is 5.97 Å². The SMILES string of the molecule is COC(=O)c1nn(C)c2c1CCN(C(=O)C1CC(=O)N(C(C)C)C1)C2. The second-order valence-electron chi connectivity index (χ2n) is 6.94. The third kappa shape index (κ3) is 3.01. The van der Waals surface area contributed by atoms with Crippen molar-refractivity contribution >= 4 is 17.8 Å². The lowest BCUT2D eigenvalue weighted by Gasteiger charge is -2.30. The van der Waals surface area contributed by atoms with Gasteiger partial charge in [0.05, 0.1) is 25.3 Å². The Morgan fingerprint density at radius 3 is 2.64 bits per heavy atom. The van der Waals surface area contributed by atoms with E-state index in [9.17, 15) is 14.4 Å². The molecule has 0 saturated carbocycles. The van der Waals surface area contributed by atoms with Crippen molar-refractivity contribution in [3.63, 3.8) is 0 Å². The summed E-state index contributed by atoms with van der Waals surface area (Å²) in [5.41, 5.74) is 2.03. The van der Waals surface area contributed by atoms with Gasteiger partial charge in [0.15, 0.2) is 5.69 Å². The molecule has 2 amide bonds. The second-order valence-corrected chi connectivity index (χ2v) is 6.94. The maximum absolute atomic E-state index is 12.9. The zero-order valence-electron chi connectivity index (χ0n) is 15.1. The number of ether oxygens (including phenoxy) is 1. The molecule has 8 heteroatoms. The fraction of sp³-hybridized carbons (Fsp3) is 0.647. The van der Waals surface area contributed by atoms with Gasteiger partial charge in [0.25, 0.3) is 0 Å². The number of fused-ring (bicyclic) bond motifs is 1. The van der Waals surface area contributed by atoms with Crippen LogP contribution in [0, 0.1) is 5.92 Å². The number of aromatic nitrogens is 2. The van der Waals surface area contributed by atoms with E-state index >= 15 is 0 Å². The van der Waals surface area contributed by atoms with E-state index in [1.54, 1.807) is 21.5 Å². The van der Waals surface area contributed by atoms with Crippen LogP contribution in [-0.4, -0.2) is 63.6 Å². The second kappa shape index (κ2) is 6.50. The van der Waals surface area contributed by atoms with Crippen molar-refractivity contribution in [2.45, 2.75) is 39.3 Å². The molecule has 0 radical (unpaired) electrons. The molecule has 3 heterocycles. The van der Waals surface area contributed by atoms with Gasteiger partial charge in [0, 0.05) is 38.2 Å². The number of hydrogen-bond acceptors (Lipinski definition) is 5. The molecule has 0 aromatic carbocycles. The predicted octanol–water partition coefficient (Wildman–Crippen LogP) is 0.348. The summed E-state index contributed by atoms with van der Waals surface area (Å²) in [4.78, 5) is 40.3. The topological polar surface area (TPSA) is 84.7 Å². The van der Waals surface area contributed by atoms with Crippen molar-refractivity contribution in [1.29, 1.82) is 0 Å². The molecule has 2 aliphatic heterocycles. The van der Waals surface area contributed by atoms with Gasteiger partial charge >= 0.3 is 5.97 Å². The number of carbonyl (C=O) groups is 3. The first-order chi connectivity index (χ1) is 11.8. The van der Waals surface area contributed by atoms with Gasteiger partial charge in [-0.1, -0.05) is 0 Å². The predicted molar refractivity (Wildman–Crippen MR) is 88.6 cm³/mol. The Morgan fingerprint density at radius 2 is 2.04 bits per heavy atom. The van der Waals surface area contributed by atoms with Gasteiger partial charge in [-0.25, -0.2) is 4.79 Å². The first-order valence-corrected chi connectivity index (χ1v) is 8.54. The Labute approximate surface area is 146 Å². The van der Waals surface area contributed by atoms with Gasteiger partial charge in [-0.05, 0) is 20.3 Å². The summed E-state index contributed by atoms with van der Waals surface area (Å²) in [5.74, 6) is -0.696. The minimum Gasteiger partial charge on any atom is -0.464 e. The molecule has 0 spiro atoms. The quantitative estimate of drug-likeness (QED) is 0.736. The van der Waals surface area contributed by atoms with Crippen molar-refractivity contribution in [1.82, 2.24) is 19.6 Å². The van der Waals surface area contributed by atoms with Crippen LogP contribution >= 0.6 is 0 Å². The molecule has 1 aromatic rings. The van der Waals surface area contributed by atoms with Crippen molar-refractivity contribution in [2.75, 3.05) is 20.2 Å². The van der Waals surface area contributed by atoms with Crippen LogP contribution in [0.25, 0.3) is 0 Å². The molecule has 0 bridgehead atoms. The molecule has 136 valence electrons. The molecule has 1 atom stereocenters. The number of esters is 1. The van der Waals surface area contributed by atoms with Crippen LogP contribution in [-0.2, 0) is 34.3 Å². The highest BCUT2D eigenvalue weighted by Crippen LogP contribution is 2.27. The zero-order chi connectivity index (χ0) is 18.3. The molecule has 25 heavy (non-hydrogen) atoms. The van der Waals surface area contributed by atoms with Gasteiger partial charge in [0.1, 0.15) is 0 Å². The number of likely N-dealkylation sites (tertiary alicyclic amines) is 1. The van der Waals surface area contributed by atoms with Gasteiger partial charge in [0.2, 0.25) is 11.8 Å². The van der Waals surface area contributed by atoms with Crippen LogP contribution < -0.4 is 0 Å². The average Bonchev–Trinajstić information content (AvgIpc) is 3.14.